The molecule has 1 aliphatic heterocycles. The van der Waals surface area contributed by atoms with Gasteiger partial charge in [0.1, 0.15) is 5.82 Å². The van der Waals surface area contributed by atoms with E-state index in [1.165, 1.54) is 0 Å². The zero-order valence-electron chi connectivity index (χ0n) is 9.04. The van der Waals surface area contributed by atoms with Crippen molar-refractivity contribution in [3.63, 3.8) is 0 Å². The van der Waals surface area contributed by atoms with Crippen molar-refractivity contribution < 1.29 is 4.39 Å². The molecule has 1 aliphatic rings. The molecule has 0 amide bonds. The van der Waals surface area contributed by atoms with Crippen molar-refractivity contribution in [1.82, 2.24) is 4.90 Å². The van der Waals surface area contributed by atoms with Crippen molar-refractivity contribution in [2.75, 3.05) is 13.1 Å². The Morgan fingerprint density at radius 2 is 2.33 bits per heavy atom. The number of likely N-dealkylation sites (tertiary alicyclic amines) is 1. The quantitative estimate of drug-likeness (QED) is 0.801. The van der Waals surface area contributed by atoms with Gasteiger partial charge < -0.3 is 5.73 Å². The molecule has 1 aromatic rings. The van der Waals surface area contributed by atoms with Gasteiger partial charge in [-0.3, -0.25) is 4.90 Å². The third kappa shape index (κ3) is 2.55. The first-order valence-electron chi connectivity index (χ1n) is 5.38. The lowest BCUT2D eigenvalue weighted by Gasteiger charge is -2.15. The Kier molecular flexibility index (Phi) is 3.03. The highest BCUT2D eigenvalue weighted by Crippen LogP contribution is 2.14. The van der Waals surface area contributed by atoms with Gasteiger partial charge in [-0.25, -0.2) is 4.39 Å². The highest BCUT2D eigenvalue weighted by molar-refractivity contribution is 5.23. The SMILES string of the molecule is Cc1ccc(CN2CCC(N)C2)cc1F. The van der Waals surface area contributed by atoms with E-state index in [2.05, 4.69) is 4.90 Å². The standard InChI is InChI=1S/C12H17FN2/c1-9-2-3-10(6-12(9)13)7-15-5-4-11(14)8-15/h2-3,6,11H,4-5,7-8,14H2,1H3. The minimum absolute atomic E-state index is 0.115. The Labute approximate surface area is 89.9 Å². The van der Waals surface area contributed by atoms with Gasteiger partial charge in [0.25, 0.3) is 0 Å². The minimum atomic E-state index is -0.115. The van der Waals surface area contributed by atoms with E-state index in [0.717, 1.165) is 31.6 Å². The van der Waals surface area contributed by atoms with Crippen LogP contribution < -0.4 is 5.73 Å². The van der Waals surface area contributed by atoms with Crippen LogP contribution in [0, 0.1) is 12.7 Å². The molecule has 1 aromatic carbocycles. The summed E-state index contributed by atoms with van der Waals surface area (Å²) in [4.78, 5) is 2.27. The first-order valence-corrected chi connectivity index (χ1v) is 5.38. The number of hydrogen-bond acceptors (Lipinski definition) is 2. The Hall–Kier alpha value is -0.930. The van der Waals surface area contributed by atoms with E-state index in [4.69, 9.17) is 5.73 Å². The molecule has 0 bridgehead atoms. The predicted molar refractivity (Wildman–Crippen MR) is 59.0 cm³/mol. The van der Waals surface area contributed by atoms with Crippen LogP contribution in [-0.2, 0) is 6.54 Å². The van der Waals surface area contributed by atoms with E-state index in [9.17, 15) is 4.39 Å². The Morgan fingerprint density at radius 1 is 1.53 bits per heavy atom. The third-order valence-electron chi connectivity index (χ3n) is 2.95. The number of rotatable bonds is 2. The van der Waals surface area contributed by atoms with E-state index in [1.54, 1.807) is 13.0 Å². The first-order chi connectivity index (χ1) is 7.15. The average molecular weight is 208 g/mol. The fraction of sp³-hybridized carbons (Fsp3) is 0.500. The number of halogens is 1. The fourth-order valence-corrected chi connectivity index (χ4v) is 2.00. The van der Waals surface area contributed by atoms with Crippen LogP contribution in [0.15, 0.2) is 18.2 Å². The molecular weight excluding hydrogens is 191 g/mol. The highest BCUT2D eigenvalue weighted by atomic mass is 19.1. The molecule has 2 rings (SSSR count). The van der Waals surface area contributed by atoms with Crippen LogP contribution >= 0.6 is 0 Å². The van der Waals surface area contributed by atoms with Crippen molar-refractivity contribution in [2.24, 2.45) is 5.73 Å². The highest BCUT2D eigenvalue weighted by Gasteiger charge is 2.18. The van der Waals surface area contributed by atoms with Crippen molar-refractivity contribution in [2.45, 2.75) is 25.9 Å². The van der Waals surface area contributed by atoms with E-state index in [1.807, 2.05) is 12.1 Å². The molecule has 82 valence electrons. The molecule has 1 fully saturated rings. The minimum Gasteiger partial charge on any atom is -0.326 e. The molecule has 0 radical (unpaired) electrons. The van der Waals surface area contributed by atoms with Crippen LogP contribution in [0.3, 0.4) is 0 Å². The van der Waals surface area contributed by atoms with E-state index in [0.29, 0.717) is 11.6 Å². The lowest BCUT2D eigenvalue weighted by molar-refractivity contribution is 0.326. The Balaban J connectivity index is 2.02. The summed E-state index contributed by atoms with van der Waals surface area (Å²) in [5, 5.41) is 0. The summed E-state index contributed by atoms with van der Waals surface area (Å²) in [5.74, 6) is -0.115. The number of aryl methyl sites for hydroxylation is 1. The second-order valence-corrected chi connectivity index (χ2v) is 4.37. The van der Waals surface area contributed by atoms with Crippen molar-refractivity contribution in [3.8, 4) is 0 Å². The molecule has 1 unspecified atom stereocenters. The van der Waals surface area contributed by atoms with Crippen LogP contribution in [0.4, 0.5) is 4.39 Å². The van der Waals surface area contributed by atoms with Gasteiger partial charge in [0, 0.05) is 25.7 Å². The largest absolute Gasteiger partial charge is 0.326 e. The molecule has 3 heteroatoms. The van der Waals surface area contributed by atoms with Gasteiger partial charge in [-0.2, -0.15) is 0 Å². The molecule has 0 spiro atoms. The molecule has 0 saturated carbocycles. The Morgan fingerprint density at radius 3 is 2.93 bits per heavy atom. The lowest BCUT2D eigenvalue weighted by atomic mass is 10.1. The summed E-state index contributed by atoms with van der Waals surface area (Å²) in [6.45, 7) is 4.54. The zero-order chi connectivity index (χ0) is 10.8. The molecule has 15 heavy (non-hydrogen) atoms. The molecule has 2 nitrogen and oxygen atoms in total. The number of nitrogens with two attached hydrogens (primary N) is 1. The van der Waals surface area contributed by atoms with Crippen molar-refractivity contribution >= 4 is 0 Å². The smallest absolute Gasteiger partial charge is 0.126 e. The maximum atomic E-state index is 13.3. The monoisotopic (exact) mass is 208 g/mol. The van der Waals surface area contributed by atoms with Crippen LogP contribution in [0.25, 0.3) is 0 Å². The first kappa shape index (κ1) is 10.6. The summed E-state index contributed by atoms with van der Waals surface area (Å²) in [5.41, 5.74) is 7.56. The topological polar surface area (TPSA) is 29.3 Å². The maximum Gasteiger partial charge on any atom is 0.126 e. The predicted octanol–water partition coefficient (Wildman–Crippen LogP) is 1.67. The maximum absolute atomic E-state index is 13.3. The lowest BCUT2D eigenvalue weighted by Crippen LogP contribution is -2.26. The van der Waals surface area contributed by atoms with Gasteiger partial charge in [0.2, 0.25) is 0 Å². The molecule has 1 atom stereocenters. The number of hydrogen-bond donors (Lipinski definition) is 1. The van der Waals surface area contributed by atoms with Crippen molar-refractivity contribution in [1.29, 1.82) is 0 Å². The summed E-state index contributed by atoms with van der Waals surface area (Å²) >= 11 is 0. The van der Waals surface area contributed by atoms with E-state index < -0.39 is 0 Å². The second-order valence-electron chi connectivity index (χ2n) is 4.37. The third-order valence-corrected chi connectivity index (χ3v) is 2.95. The molecule has 1 saturated heterocycles. The summed E-state index contributed by atoms with van der Waals surface area (Å²) < 4.78 is 13.3. The summed E-state index contributed by atoms with van der Waals surface area (Å²) in [6.07, 6.45) is 1.05. The normalized spacial score (nSPS) is 22.2. The molecule has 1 heterocycles. The second kappa shape index (κ2) is 4.29. The van der Waals surface area contributed by atoms with Crippen LogP contribution in [-0.4, -0.2) is 24.0 Å². The van der Waals surface area contributed by atoms with Crippen LogP contribution in [0.5, 0.6) is 0 Å². The van der Waals surface area contributed by atoms with Crippen LogP contribution in [0.2, 0.25) is 0 Å². The van der Waals surface area contributed by atoms with E-state index in [-0.39, 0.29) is 5.82 Å². The van der Waals surface area contributed by atoms with Crippen LogP contribution in [0.1, 0.15) is 17.5 Å². The van der Waals surface area contributed by atoms with Gasteiger partial charge in [-0.1, -0.05) is 12.1 Å². The fourth-order valence-electron chi connectivity index (χ4n) is 2.00. The van der Waals surface area contributed by atoms with E-state index >= 15 is 0 Å². The molecule has 0 aromatic heterocycles. The summed E-state index contributed by atoms with van der Waals surface area (Å²) in [6, 6.07) is 5.74. The van der Waals surface area contributed by atoms with Gasteiger partial charge in [-0.15, -0.1) is 0 Å². The zero-order valence-corrected chi connectivity index (χ0v) is 9.04. The molecule has 0 aliphatic carbocycles. The van der Waals surface area contributed by atoms with Gasteiger partial charge >= 0.3 is 0 Å². The van der Waals surface area contributed by atoms with Gasteiger partial charge in [0.05, 0.1) is 0 Å². The number of nitrogens with zero attached hydrogens (tertiary/aromatic N) is 1. The van der Waals surface area contributed by atoms with Gasteiger partial charge in [-0.05, 0) is 30.5 Å². The number of benzene rings is 1. The van der Waals surface area contributed by atoms with Gasteiger partial charge in [0.15, 0.2) is 0 Å². The molecule has 2 N–H and O–H groups in total. The summed E-state index contributed by atoms with van der Waals surface area (Å²) in [7, 11) is 0. The Bertz CT molecular complexity index is 351. The molecular formula is C12H17FN2. The average Bonchev–Trinajstić information content (AvgIpc) is 2.58. The van der Waals surface area contributed by atoms with Crippen molar-refractivity contribution in [3.05, 3.63) is 35.1 Å².